The molecule has 27 heavy (non-hydrogen) atoms. The molecule has 2 aromatic carbocycles. The fourth-order valence-electron chi connectivity index (χ4n) is 2.57. The van der Waals surface area contributed by atoms with Gasteiger partial charge in [0.2, 0.25) is 5.82 Å². The first-order valence-corrected chi connectivity index (χ1v) is 8.75. The van der Waals surface area contributed by atoms with Gasteiger partial charge in [0.15, 0.2) is 0 Å². The van der Waals surface area contributed by atoms with Crippen LogP contribution in [0.5, 0.6) is 11.6 Å². The van der Waals surface area contributed by atoms with Crippen molar-refractivity contribution in [2.75, 3.05) is 5.32 Å². The van der Waals surface area contributed by atoms with E-state index in [1.807, 2.05) is 30.3 Å². The molecular weight excluding hydrogens is 344 g/mol. The van der Waals surface area contributed by atoms with Gasteiger partial charge in [-0.3, -0.25) is 10.1 Å². The fraction of sp³-hybridized carbons (Fsp3) is 0.200. The quantitative estimate of drug-likeness (QED) is 0.433. The molecule has 1 heterocycles. The molecule has 0 aliphatic carbocycles. The first kappa shape index (κ1) is 18.3. The largest absolute Gasteiger partial charge is 0.434 e. The van der Waals surface area contributed by atoms with Crippen LogP contribution in [0.1, 0.15) is 25.3 Å². The summed E-state index contributed by atoms with van der Waals surface area (Å²) in [4.78, 5) is 19.0. The standard InChI is InChI=1S/C20H20N4O3/c1-2-3-7-15-10-12-16(13-11-15)23-19-18(24(25)26)20(22-14-21-19)27-17-8-5-4-6-9-17/h4-6,8-14H,2-3,7H2,1H3,(H,21,22,23). The van der Waals surface area contributed by atoms with Gasteiger partial charge in [-0.2, -0.15) is 4.98 Å². The first-order valence-electron chi connectivity index (χ1n) is 8.75. The van der Waals surface area contributed by atoms with Gasteiger partial charge in [-0.05, 0) is 42.7 Å². The summed E-state index contributed by atoms with van der Waals surface area (Å²) >= 11 is 0. The Labute approximate surface area is 157 Å². The van der Waals surface area contributed by atoms with Crippen LogP contribution in [0.4, 0.5) is 17.2 Å². The molecule has 1 aromatic heterocycles. The molecule has 0 unspecified atom stereocenters. The van der Waals surface area contributed by atoms with E-state index in [2.05, 4.69) is 22.2 Å². The normalized spacial score (nSPS) is 10.4. The van der Waals surface area contributed by atoms with E-state index in [-0.39, 0.29) is 17.4 Å². The molecule has 0 amide bonds. The number of aryl methyl sites for hydroxylation is 1. The summed E-state index contributed by atoms with van der Waals surface area (Å²) < 4.78 is 5.58. The van der Waals surface area contributed by atoms with Gasteiger partial charge < -0.3 is 10.1 Å². The Bertz CT molecular complexity index is 899. The van der Waals surface area contributed by atoms with E-state index in [0.29, 0.717) is 11.4 Å². The SMILES string of the molecule is CCCCc1ccc(Nc2ncnc(Oc3ccccc3)c2[N+](=O)[O-])cc1. The maximum absolute atomic E-state index is 11.6. The van der Waals surface area contributed by atoms with Gasteiger partial charge in [-0.15, -0.1) is 0 Å². The summed E-state index contributed by atoms with van der Waals surface area (Å²) in [6.07, 6.45) is 4.52. The van der Waals surface area contributed by atoms with E-state index in [9.17, 15) is 10.1 Å². The zero-order valence-electron chi connectivity index (χ0n) is 15.0. The Balaban J connectivity index is 1.84. The van der Waals surface area contributed by atoms with Crippen molar-refractivity contribution in [1.29, 1.82) is 0 Å². The molecule has 0 aliphatic heterocycles. The van der Waals surface area contributed by atoms with Crippen molar-refractivity contribution in [3.8, 4) is 11.6 Å². The number of benzene rings is 2. The van der Waals surface area contributed by atoms with Crippen molar-refractivity contribution < 1.29 is 9.66 Å². The van der Waals surface area contributed by atoms with Gasteiger partial charge in [0.25, 0.3) is 0 Å². The third-order valence-electron chi connectivity index (χ3n) is 3.96. The third kappa shape index (κ3) is 4.78. The lowest BCUT2D eigenvalue weighted by atomic mass is 10.1. The highest BCUT2D eigenvalue weighted by Gasteiger charge is 2.25. The number of unbranched alkanes of at least 4 members (excludes halogenated alkanes) is 1. The number of hydrogen-bond donors (Lipinski definition) is 1. The first-order chi connectivity index (χ1) is 13.2. The van der Waals surface area contributed by atoms with E-state index in [1.54, 1.807) is 24.3 Å². The molecule has 0 saturated carbocycles. The minimum Gasteiger partial charge on any atom is -0.434 e. The second kappa shape index (κ2) is 8.75. The smallest absolute Gasteiger partial charge is 0.373 e. The van der Waals surface area contributed by atoms with Gasteiger partial charge in [0, 0.05) is 5.69 Å². The molecule has 0 fully saturated rings. The zero-order valence-corrected chi connectivity index (χ0v) is 15.0. The average molecular weight is 364 g/mol. The van der Waals surface area contributed by atoms with Crippen molar-refractivity contribution in [2.45, 2.75) is 26.2 Å². The minimum atomic E-state index is -0.545. The maximum Gasteiger partial charge on any atom is 0.373 e. The molecule has 1 N–H and O–H groups in total. The van der Waals surface area contributed by atoms with E-state index in [4.69, 9.17) is 4.74 Å². The topological polar surface area (TPSA) is 90.2 Å². The van der Waals surface area contributed by atoms with Crippen LogP contribution in [-0.4, -0.2) is 14.9 Å². The Morgan fingerprint density at radius 3 is 2.48 bits per heavy atom. The molecule has 3 aromatic rings. The number of rotatable bonds is 8. The molecule has 0 aliphatic rings. The van der Waals surface area contributed by atoms with Crippen LogP contribution in [0.15, 0.2) is 60.9 Å². The van der Waals surface area contributed by atoms with Gasteiger partial charge in [0.05, 0.1) is 4.92 Å². The molecule has 0 atom stereocenters. The van der Waals surface area contributed by atoms with Crippen LogP contribution in [-0.2, 0) is 6.42 Å². The van der Waals surface area contributed by atoms with Crippen molar-refractivity contribution in [3.63, 3.8) is 0 Å². The molecule has 138 valence electrons. The Hall–Kier alpha value is -3.48. The number of hydrogen-bond acceptors (Lipinski definition) is 6. The second-order valence-corrected chi connectivity index (χ2v) is 5.97. The number of para-hydroxylation sites is 1. The number of nitrogens with one attached hydrogen (secondary N) is 1. The molecule has 0 bridgehead atoms. The highest BCUT2D eigenvalue weighted by atomic mass is 16.6. The average Bonchev–Trinajstić information content (AvgIpc) is 2.68. The predicted octanol–water partition coefficient (Wildman–Crippen LogP) is 5.26. The fourth-order valence-corrected chi connectivity index (χ4v) is 2.57. The summed E-state index contributed by atoms with van der Waals surface area (Å²) in [5, 5.41) is 14.6. The van der Waals surface area contributed by atoms with Crippen molar-refractivity contribution in [1.82, 2.24) is 9.97 Å². The molecule has 0 saturated heterocycles. The molecule has 3 rings (SSSR count). The van der Waals surface area contributed by atoms with Gasteiger partial charge in [-0.25, -0.2) is 4.98 Å². The number of aromatic nitrogens is 2. The summed E-state index contributed by atoms with van der Waals surface area (Å²) in [6, 6.07) is 16.6. The molecule has 0 spiro atoms. The lowest BCUT2D eigenvalue weighted by molar-refractivity contribution is -0.385. The maximum atomic E-state index is 11.6. The van der Waals surface area contributed by atoms with Crippen LogP contribution in [0.3, 0.4) is 0 Å². The Morgan fingerprint density at radius 1 is 1.07 bits per heavy atom. The summed E-state index contributed by atoms with van der Waals surface area (Å²) in [6.45, 7) is 2.15. The number of ether oxygens (including phenoxy) is 1. The lowest BCUT2D eigenvalue weighted by Crippen LogP contribution is -2.03. The van der Waals surface area contributed by atoms with E-state index < -0.39 is 4.92 Å². The number of nitro groups is 1. The highest BCUT2D eigenvalue weighted by Crippen LogP contribution is 2.35. The van der Waals surface area contributed by atoms with E-state index in [0.717, 1.165) is 19.3 Å². The molecule has 0 radical (unpaired) electrons. The van der Waals surface area contributed by atoms with Crippen LogP contribution in [0.2, 0.25) is 0 Å². The Kier molecular flexibility index (Phi) is 5.94. The van der Waals surface area contributed by atoms with E-state index >= 15 is 0 Å². The third-order valence-corrected chi connectivity index (χ3v) is 3.96. The summed E-state index contributed by atoms with van der Waals surface area (Å²) in [5.74, 6) is 0.441. The molecule has 7 nitrogen and oxygen atoms in total. The molecular formula is C20H20N4O3. The van der Waals surface area contributed by atoms with Gasteiger partial charge >= 0.3 is 11.6 Å². The second-order valence-electron chi connectivity index (χ2n) is 5.97. The monoisotopic (exact) mass is 364 g/mol. The van der Waals surface area contributed by atoms with Crippen LogP contribution in [0.25, 0.3) is 0 Å². The van der Waals surface area contributed by atoms with Gasteiger partial charge in [0.1, 0.15) is 12.1 Å². The van der Waals surface area contributed by atoms with Crippen LogP contribution < -0.4 is 10.1 Å². The van der Waals surface area contributed by atoms with Crippen molar-refractivity contribution >= 4 is 17.2 Å². The number of nitrogens with zero attached hydrogens (tertiary/aromatic N) is 3. The van der Waals surface area contributed by atoms with Crippen molar-refractivity contribution in [3.05, 3.63) is 76.6 Å². The van der Waals surface area contributed by atoms with Crippen LogP contribution in [0, 0.1) is 10.1 Å². The van der Waals surface area contributed by atoms with Crippen molar-refractivity contribution in [2.24, 2.45) is 0 Å². The van der Waals surface area contributed by atoms with Gasteiger partial charge in [-0.1, -0.05) is 43.7 Å². The lowest BCUT2D eigenvalue weighted by Gasteiger charge is -2.10. The minimum absolute atomic E-state index is 0.0854. The predicted molar refractivity (Wildman–Crippen MR) is 104 cm³/mol. The number of anilines is 2. The summed E-state index contributed by atoms with van der Waals surface area (Å²) in [7, 11) is 0. The Morgan fingerprint density at radius 2 is 1.81 bits per heavy atom. The van der Waals surface area contributed by atoms with E-state index in [1.165, 1.54) is 11.9 Å². The molecule has 7 heteroatoms. The summed E-state index contributed by atoms with van der Waals surface area (Å²) in [5.41, 5.74) is 1.63. The zero-order chi connectivity index (χ0) is 19.1. The van der Waals surface area contributed by atoms with Crippen LogP contribution >= 0.6 is 0 Å². The highest BCUT2D eigenvalue weighted by molar-refractivity contribution is 5.68.